The van der Waals surface area contributed by atoms with Gasteiger partial charge in [-0.25, -0.2) is 0 Å². The number of oxime groups is 1. The molecule has 18 heavy (non-hydrogen) atoms. The minimum absolute atomic E-state index is 0.126. The second kappa shape index (κ2) is 5.33. The highest BCUT2D eigenvalue weighted by Crippen LogP contribution is 2.45. The van der Waals surface area contributed by atoms with Gasteiger partial charge in [0.25, 0.3) is 0 Å². The Balaban J connectivity index is 2.97. The third kappa shape index (κ3) is 3.35. The van der Waals surface area contributed by atoms with Crippen molar-refractivity contribution in [2.45, 2.75) is 71.4 Å². The zero-order valence-electron chi connectivity index (χ0n) is 13.1. The van der Waals surface area contributed by atoms with Gasteiger partial charge in [0, 0.05) is 0 Å². The van der Waals surface area contributed by atoms with Crippen LogP contribution in [0.5, 0.6) is 0 Å². The van der Waals surface area contributed by atoms with E-state index in [0.29, 0.717) is 5.04 Å². The number of nitrogens with zero attached hydrogens (tertiary/aromatic N) is 1. The van der Waals surface area contributed by atoms with Gasteiger partial charge >= 0.3 is 0 Å². The van der Waals surface area contributed by atoms with Crippen molar-refractivity contribution in [3.63, 3.8) is 0 Å². The first-order chi connectivity index (χ1) is 8.12. The molecule has 1 unspecified atom stereocenters. The lowest BCUT2D eigenvalue weighted by molar-refractivity contribution is 0.0105. The molecular weight excluding hydrogens is 242 g/mol. The van der Waals surface area contributed by atoms with Crippen LogP contribution in [0.25, 0.3) is 0 Å². The molecule has 106 valence electrons. The number of hydrogen-bond acceptors (Lipinski definition) is 3. The van der Waals surface area contributed by atoms with Crippen LogP contribution < -0.4 is 0 Å². The molecule has 1 atom stereocenters. The van der Waals surface area contributed by atoms with E-state index in [-0.39, 0.29) is 11.0 Å². The highest BCUT2D eigenvalue weighted by Gasteiger charge is 2.49. The van der Waals surface area contributed by atoms with Crippen LogP contribution >= 0.6 is 0 Å². The fraction of sp³-hybridized carbons (Fsp3) is 0.929. The van der Waals surface area contributed by atoms with Crippen molar-refractivity contribution in [1.29, 1.82) is 0 Å². The molecule has 0 aromatic heterocycles. The minimum atomic E-state index is -0.606. The van der Waals surface area contributed by atoms with Crippen molar-refractivity contribution in [2.24, 2.45) is 10.6 Å². The first-order valence-electron chi connectivity index (χ1n) is 6.87. The largest absolute Gasteiger partial charge is 0.412 e. The Labute approximate surface area is 114 Å². The highest BCUT2D eigenvalue weighted by atomic mass is 28.2. The van der Waals surface area contributed by atoms with E-state index >= 15 is 0 Å². The molecule has 0 saturated heterocycles. The van der Waals surface area contributed by atoms with Gasteiger partial charge in [-0.15, -0.1) is 0 Å². The summed E-state index contributed by atoms with van der Waals surface area (Å²) in [5, 5.41) is 4.55. The maximum atomic E-state index is 6.44. The van der Waals surface area contributed by atoms with Gasteiger partial charge in [0.2, 0.25) is 0 Å². The van der Waals surface area contributed by atoms with E-state index < -0.39 is 9.76 Å². The fourth-order valence-corrected chi connectivity index (χ4v) is 3.73. The van der Waals surface area contributed by atoms with E-state index in [1.807, 2.05) is 0 Å². The third-order valence-electron chi connectivity index (χ3n) is 4.05. The average Bonchev–Trinajstić information content (AvgIpc) is 2.22. The Morgan fingerprint density at radius 1 is 1.22 bits per heavy atom. The third-order valence-corrected chi connectivity index (χ3v) is 5.64. The lowest BCUT2D eigenvalue weighted by Crippen LogP contribution is -2.55. The average molecular weight is 271 g/mol. The van der Waals surface area contributed by atoms with Crippen molar-refractivity contribution in [3.8, 4) is 0 Å². The smallest absolute Gasteiger partial charge is 0.168 e. The molecule has 0 N–H and O–H groups in total. The Hall–Kier alpha value is -0.353. The standard InChI is InChI=1S/C14H29NO2Si/c1-12(2,3)18-17-14(6)11(15-16-7)9-8-10-13(14,4)5/h8-10,18H2,1-7H3. The molecule has 3 nitrogen and oxygen atoms in total. The van der Waals surface area contributed by atoms with Crippen molar-refractivity contribution in [2.75, 3.05) is 7.11 Å². The maximum Gasteiger partial charge on any atom is 0.168 e. The van der Waals surface area contributed by atoms with Crippen LogP contribution in [0.15, 0.2) is 5.16 Å². The second-order valence-electron chi connectivity index (χ2n) is 7.34. The van der Waals surface area contributed by atoms with Gasteiger partial charge in [-0.1, -0.05) is 39.8 Å². The van der Waals surface area contributed by atoms with Crippen molar-refractivity contribution in [3.05, 3.63) is 0 Å². The maximum absolute atomic E-state index is 6.44. The molecule has 0 spiro atoms. The van der Waals surface area contributed by atoms with E-state index in [9.17, 15) is 0 Å². The summed E-state index contributed by atoms with van der Waals surface area (Å²) in [6.45, 7) is 13.5. The normalized spacial score (nSPS) is 31.2. The van der Waals surface area contributed by atoms with E-state index in [1.54, 1.807) is 7.11 Å². The molecule has 1 aliphatic carbocycles. The summed E-state index contributed by atoms with van der Waals surface area (Å²) in [6, 6.07) is 0. The lowest BCUT2D eigenvalue weighted by Gasteiger charge is -2.49. The van der Waals surface area contributed by atoms with Crippen LogP contribution in [-0.4, -0.2) is 28.2 Å². The van der Waals surface area contributed by atoms with E-state index in [4.69, 9.17) is 9.26 Å². The van der Waals surface area contributed by atoms with Gasteiger partial charge in [-0.2, -0.15) is 0 Å². The molecule has 0 bridgehead atoms. The molecule has 1 rings (SSSR count). The Bertz CT molecular complexity index is 320. The summed E-state index contributed by atoms with van der Waals surface area (Å²) in [5.74, 6) is 0. The second-order valence-corrected chi connectivity index (χ2v) is 10.0. The van der Waals surface area contributed by atoms with Gasteiger partial charge in [-0.3, -0.25) is 0 Å². The monoisotopic (exact) mass is 271 g/mol. The van der Waals surface area contributed by atoms with Crippen LogP contribution in [-0.2, 0) is 9.26 Å². The highest BCUT2D eigenvalue weighted by molar-refractivity contribution is 6.32. The van der Waals surface area contributed by atoms with Crippen LogP contribution in [0.2, 0.25) is 5.04 Å². The van der Waals surface area contributed by atoms with Crippen molar-refractivity contribution >= 4 is 15.5 Å². The molecule has 0 radical (unpaired) electrons. The van der Waals surface area contributed by atoms with Gasteiger partial charge in [0.15, 0.2) is 9.76 Å². The molecule has 1 saturated carbocycles. The van der Waals surface area contributed by atoms with Crippen LogP contribution in [0.1, 0.15) is 60.8 Å². The summed E-state index contributed by atoms with van der Waals surface area (Å²) in [5.41, 5.74) is 0.944. The summed E-state index contributed by atoms with van der Waals surface area (Å²) in [7, 11) is 1.02. The zero-order chi connectivity index (χ0) is 14.0. The number of hydrogen-bond donors (Lipinski definition) is 0. The molecular formula is C14H29NO2Si. The Morgan fingerprint density at radius 3 is 2.33 bits per heavy atom. The molecule has 4 heteroatoms. The molecule has 0 aromatic rings. The van der Waals surface area contributed by atoms with E-state index in [1.165, 1.54) is 12.8 Å². The van der Waals surface area contributed by atoms with Gasteiger partial charge in [0.05, 0.1) is 11.3 Å². The molecule has 0 amide bonds. The summed E-state index contributed by atoms with van der Waals surface area (Å²) < 4.78 is 6.44. The first-order valence-corrected chi connectivity index (χ1v) is 8.15. The van der Waals surface area contributed by atoms with Gasteiger partial charge < -0.3 is 9.26 Å². The van der Waals surface area contributed by atoms with Crippen LogP contribution in [0.3, 0.4) is 0 Å². The quantitative estimate of drug-likeness (QED) is 0.582. The summed E-state index contributed by atoms with van der Waals surface area (Å²) >= 11 is 0. The topological polar surface area (TPSA) is 30.8 Å². The van der Waals surface area contributed by atoms with E-state index in [2.05, 4.69) is 46.7 Å². The predicted molar refractivity (Wildman–Crippen MR) is 79.8 cm³/mol. The first kappa shape index (κ1) is 15.7. The zero-order valence-corrected chi connectivity index (χ0v) is 14.5. The van der Waals surface area contributed by atoms with Crippen molar-refractivity contribution < 1.29 is 9.26 Å². The molecule has 1 aliphatic rings. The minimum Gasteiger partial charge on any atom is -0.412 e. The molecule has 0 aliphatic heterocycles. The van der Waals surface area contributed by atoms with Crippen molar-refractivity contribution in [1.82, 2.24) is 0 Å². The number of rotatable bonds is 3. The van der Waals surface area contributed by atoms with Gasteiger partial charge in [-0.05, 0) is 36.6 Å². The van der Waals surface area contributed by atoms with Crippen LogP contribution in [0, 0.1) is 5.41 Å². The lowest BCUT2D eigenvalue weighted by atomic mass is 9.65. The molecule has 0 heterocycles. The molecule has 1 fully saturated rings. The van der Waals surface area contributed by atoms with E-state index in [0.717, 1.165) is 12.1 Å². The summed E-state index contributed by atoms with van der Waals surface area (Å²) in [4.78, 5) is 5.03. The van der Waals surface area contributed by atoms with Crippen LogP contribution in [0.4, 0.5) is 0 Å². The fourth-order valence-electron chi connectivity index (χ4n) is 2.45. The molecule has 0 aromatic carbocycles. The summed E-state index contributed by atoms with van der Waals surface area (Å²) in [6.07, 6.45) is 3.35. The Morgan fingerprint density at radius 2 is 1.83 bits per heavy atom. The predicted octanol–water partition coefficient (Wildman–Crippen LogP) is 3.28. The van der Waals surface area contributed by atoms with Gasteiger partial charge in [0.1, 0.15) is 7.11 Å². The SMILES string of the molecule is CON=C1CCCC(C)(C)C1(C)O[SiH2]C(C)(C)C. The Kier molecular flexibility index (Phi) is 4.65.